The topological polar surface area (TPSA) is 67.6 Å². The molecular formula is C12H18N4S. The van der Waals surface area contributed by atoms with Gasteiger partial charge in [-0.1, -0.05) is 13.8 Å². The number of rotatable bonds is 4. The van der Waals surface area contributed by atoms with Gasteiger partial charge in [0.25, 0.3) is 0 Å². The molecule has 1 unspecified atom stereocenters. The standard InChI is InChI=1S/C12H18N4S/c1-7(2)10-4-11(16-15-10)9(5-13)12-14-8(3)6-17-12/h4,6-7,9H,5,13H2,1-3H3,(H,15,16). The minimum Gasteiger partial charge on any atom is -0.329 e. The monoisotopic (exact) mass is 250 g/mol. The van der Waals surface area contributed by atoms with Gasteiger partial charge in [0.15, 0.2) is 0 Å². The molecule has 4 nitrogen and oxygen atoms in total. The lowest BCUT2D eigenvalue weighted by Gasteiger charge is -2.08. The van der Waals surface area contributed by atoms with Crippen molar-refractivity contribution >= 4 is 11.3 Å². The van der Waals surface area contributed by atoms with Crippen LogP contribution in [0.3, 0.4) is 0 Å². The first kappa shape index (κ1) is 12.3. The van der Waals surface area contributed by atoms with Gasteiger partial charge in [-0.05, 0) is 18.9 Å². The number of nitrogens with zero attached hydrogens (tertiary/aromatic N) is 2. The Morgan fingerprint density at radius 1 is 1.47 bits per heavy atom. The Labute approximate surface area is 105 Å². The van der Waals surface area contributed by atoms with Gasteiger partial charge in [-0.15, -0.1) is 11.3 Å². The second-order valence-corrected chi connectivity index (χ2v) is 5.41. The van der Waals surface area contributed by atoms with Crippen LogP contribution in [0, 0.1) is 6.92 Å². The van der Waals surface area contributed by atoms with Crippen LogP contribution in [0.5, 0.6) is 0 Å². The highest BCUT2D eigenvalue weighted by atomic mass is 32.1. The van der Waals surface area contributed by atoms with E-state index in [-0.39, 0.29) is 5.92 Å². The van der Waals surface area contributed by atoms with Crippen molar-refractivity contribution in [2.45, 2.75) is 32.6 Å². The van der Waals surface area contributed by atoms with Gasteiger partial charge < -0.3 is 5.73 Å². The highest BCUT2D eigenvalue weighted by Gasteiger charge is 2.19. The quantitative estimate of drug-likeness (QED) is 0.875. The van der Waals surface area contributed by atoms with Crippen molar-refractivity contribution < 1.29 is 0 Å². The number of thiazole rings is 1. The van der Waals surface area contributed by atoms with Crippen LogP contribution in [0.25, 0.3) is 0 Å². The average Bonchev–Trinajstić information content (AvgIpc) is 2.89. The molecule has 0 aliphatic heterocycles. The summed E-state index contributed by atoms with van der Waals surface area (Å²) >= 11 is 1.66. The molecule has 0 fully saturated rings. The highest BCUT2D eigenvalue weighted by Crippen LogP contribution is 2.26. The molecule has 17 heavy (non-hydrogen) atoms. The molecule has 0 spiro atoms. The van der Waals surface area contributed by atoms with Gasteiger partial charge in [-0.2, -0.15) is 5.10 Å². The Morgan fingerprint density at radius 3 is 2.71 bits per heavy atom. The zero-order valence-corrected chi connectivity index (χ0v) is 11.2. The number of hydrogen-bond donors (Lipinski definition) is 2. The summed E-state index contributed by atoms with van der Waals surface area (Å²) in [5.74, 6) is 0.560. The SMILES string of the molecule is Cc1csc(C(CN)c2cc(C(C)C)n[nH]2)n1. The molecule has 2 aromatic rings. The number of aryl methyl sites for hydroxylation is 1. The molecule has 0 radical (unpaired) electrons. The second kappa shape index (κ2) is 4.98. The highest BCUT2D eigenvalue weighted by molar-refractivity contribution is 7.09. The second-order valence-electron chi connectivity index (χ2n) is 4.52. The first-order valence-electron chi connectivity index (χ1n) is 5.79. The van der Waals surface area contributed by atoms with Gasteiger partial charge in [-0.25, -0.2) is 4.98 Å². The van der Waals surface area contributed by atoms with Gasteiger partial charge in [-0.3, -0.25) is 5.10 Å². The molecule has 0 aliphatic carbocycles. The maximum absolute atomic E-state index is 5.85. The fourth-order valence-corrected chi connectivity index (χ4v) is 2.65. The molecule has 0 saturated carbocycles. The third-order valence-corrected chi connectivity index (χ3v) is 3.83. The van der Waals surface area contributed by atoms with Gasteiger partial charge >= 0.3 is 0 Å². The summed E-state index contributed by atoms with van der Waals surface area (Å²) in [7, 11) is 0. The van der Waals surface area contributed by atoms with Crippen molar-refractivity contribution in [3.8, 4) is 0 Å². The Bertz CT molecular complexity index is 486. The molecule has 92 valence electrons. The third kappa shape index (κ3) is 2.56. The zero-order chi connectivity index (χ0) is 12.4. The van der Waals surface area contributed by atoms with E-state index in [2.05, 4.69) is 40.5 Å². The van der Waals surface area contributed by atoms with Gasteiger partial charge in [0, 0.05) is 23.3 Å². The molecular weight excluding hydrogens is 232 g/mol. The van der Waals surface area contributed by atoms with Crippen molar-refractivity contribution in [3.63, 3.8) is 0 Å². The number of hydrogen-bond acceptors (Lipinski definition) is 4. The Kier molecular flexibility index (Phi) is 3.59. The summed E-state index contributed by atoms with van der Waals surface area (Å²) in [6, 6.07) is 2.10. The van der Waals surface area contributed by atoms with Crippen LogP contribution in [0.2, 0.25) is 0 Å². The fourth-order valence-electron chi connectivity index (χ4n) is 1.72. The van der Waals surface area contributed by atoms with Crippen molar-refractivity contribution in [1.82, 2.24) is 15.2 Å². The van der Waals surface area contributed by atoms with Crippen LogP contribution in [-0.2, 0) is 0 Å². The normalized spacial score (nSPS) is 13.2. The van der Waals surface area contributed by atoms with E-state index in [1.807, 2.05) is 6.92 Å². The lowest BCUT2D eigenvalue weighted by molar-refractivity contribution is 0.764. The van der Waals surface area contributed by atoms with E-state index in [1.54, 1.807) is 11.3 Å². The summed E-state index contributed by atoms with van der Waals surface area (Å²) in [6.07, 6.45) is 0. The van der Waals surface area contributed by atoms with Crippen molar-refractivity contribution in [2.75, 3.05) is 6.54 Å². The minimum atomic E-state index is 0.133. The third-order valence-electron chi connectivity index (χ3n) is 2.76. The molecule has 2 aromatic heterocycles. The number of nitrogens with two attached hydrogens (primary N) is 1. The molecule has 3 N–H and O–H groups in total. The number of aromatic nitrogens is 3. The number of aromatic amines is 1. The first-order valence-corrected chi connectivity index (χ1v) is 6.67. The summed E-state index contributed by atoms with van der Waals surface area (Å²) in [5, 5.41) is 10.5. The van der Waals surface area contributed by atoms with E-state index in [1.165, 1.54) is 0 Å². The zero-order valence-electron chi connectivity index (χ0n) is 10.4. The molecule has 0 aliphatic rings. The van der Waals surface area contributed by atoms with Gasteiger partial charge in [0.1, 0.15) is 5.01 Å². The smallest absolute Gasteiger partial charge is 0.103 e. The maximum Gasteiger partial charge on any atom is 0.103 e. The molecule has 0 amide bonds. The van der Waals surface area contributed by atoms with Crippen molar-refractivity contribution in [3.05, 3.63) is 33.5 Å². The fraction of sp³-hybridized carbons (Fsp3) is 0.500. The summed E-state index contributed by atoms with van der Waals surface area (Å²) < 4.78 is 0. The Morgan fingerprint density at radius 2 is 2.24 bits per heavy atom. The molecule has 0 bridgehead atoms. The Balaban J connectivity index is 2.28. The predicted molar refractivity (Wildman–Crippen MR) is 70.4 cm³/mol. The van der Waals surface area contributed by atoms with E-state index in [0.717, 1.165) is 22.1 Å². The van der Waals surface area contributed by atoms with Crippen molar-refractivity contribution in [1.29, 1.82) is 0 Å². The van der Waals surface area contributed by atoms with E-state index in [0.29, 0.717) is 12.5 Å². The van der Waals surface area contributed by atoms with Crippen LogP contribution in [0.1, 0.15) is 47.8 Å². The van der Waals surface area contributed by atoms with Crippen LogP contribution in [0.15, 0.2) is 11.4 Å². The van der Waals surface area contributed by atoms with E-state index in [4.69, 9.17) is 5.73 Å². The van der Waals surface area contributed by atoms with Crippen LogP contribution in [-0.4, -0.2) is 21.7 Å². The lowest BCUT2D eigenvalue weighted by Crippen LogP contribution is -2.14. The van der Waals surface area contributed by atoms with Crippen molar-refractivity contribution in [2.24, 2.45) is 5.73 Å². The van der Waals surface area contributed by atoms with Crippen LogP contribution in [0.4, 0.5) is 0 Å². The molecule has 1 atom stereocenters. The minimum absolute atomic E-state index is 0.133. The van der Waals surface area contributed by atoms with E-state index >= 15 is 0 Å². The summed E-state index contributed by atoms with van der Waals surface area (Å²) in [6.45, 7) is 6.81. The largest absolute Gasteiger partial charge is 0.329 e. The average molecular weight is 250 g/mol. The number of nitrogens with one attached hydrogen (secondary N) is 1. The number of H-pyrrole nitrogens is 1. The molecule has 2 heterocycles. The van der Waals surface area contributed by atoms with Gasteiger partial charge in [0.2, 0.25) is 0 Å². The van der Waals surface area contributed by atoms with Crippen LogP contribution >= 0.6 is 11.3 Å². The molecule has 5 heteroatoms. The lowest BCUT2D eigenvalue weighted by atomic mass is 10.0. The Hall–Kier alpha value is -1.20. The van der Waals surface area contributed by atoms with Gasteiger partial charge in [0.05, 0.1) is 11.6 Å². The summed E-state index contributed by atoms with van der Waals surface area (Å²) in [5.41, 5.74) is 9.03. The first-order chi connectivity index (χ1) is 8.11. The maximum atomic E-state index is 5.85. The molecule has 0 saturated heterocycles. The van der Waals surface area contributed by atoms with E-state index in [9.17, 15) is 0 Å². The predicted octanol–water partition coefficient (Wildman–Crippen LogP) is 2.39. The van der Waals surface area contributed by atoms with E-state index < -0.39 is 0 Å². The molecule has 0 aromatic carbocycles. The molecule has 2 rings (SSSR count). The summed E-state index contributed by atoms with van der Waals surface area (Å²) in [4.78, 5) is 4.50. The van der Waals surface area contributed by atoms with Crippen LogP contribution < -0.4 is 5.73 Å².